The second-order valence-corrected chi connectivity index (χ2v) is 5.96. The second-order valence-electron chi connectivity index (χ2n) is 5.96. The van der Waals surface area contributed by atoms with Gasteiger partial charge in [-0.3, -0.25) is 0 Å². The molecule has 6 heteroatoms. The highest BCUT2D eigenvalue weighted by molar-refractivity contribution is 5.51. The summed E-state index contributed by atoms with van der Waals surface area (Å²) >= 11 is 0. The molecule has 1 aromatic carbocycles. The van der Waals surface area contributed by atoms with Crippen LogP contribution < -0.4 is 5.73 Å². The summed E-state index contributed by atoms with van der Waals surface area (Å²) in [4.78, 5) is 7.03. The molecular weight excluding hydrogens is 300 g/mol. The van der Waals surface area contributed by atoms with Crippen LogP contribution in [0, 0.1) is 0 Å². The van der Waals surface area contributed by atoms with Gasteiger partial charge in [-0.25, -0.2) is 9.67 Å². The van der Waals surface area contributed by atoms with E-state index < -0.39 is 0 Å². The summed E-state index contributed by atoms with van der Waals surface area (Å²) in [5, 5.41) is 8.46. The number of H-pyrrole nitrogens is 1. The first kappa shape index (κ1) is 16.0. The predicted molar refractivity (Wildman–Crippen MR) is 95.1 cm³/mol. The average Bonchev–Trinajstić information content (AvgIpc) is 3.17. The molecule has 0 atom stereocenters. The first-order valence-electron chi connectivity index (χ1n) is 8.09. The van der Waals surface area contributed by atoms with Crippen molar-refractivity contribution < 1.29 is 0 Å². The van der Waals surface area contributed by atoms with Gasteiger partial charge in [0.15, 0.2) is 5.95 Å². The molecule has 124 valence electrons. The zero-order valence-corrected chi connectivity index (χ0v) is 13.8. The van der Waals surface area contributed by atoms with Crippen molar-refractivity contribution in [3.05, 3.63) is 65.2 Å². The van der Waals surface area contributed by atoms with Crippen LogP contribution in [0.2, 0.25) is 0 Å². The fourth-order valence-electron chi connectivity index (χ4n) is 2.63. The van der Waals surface area contributed by atoms with Crippen LogP contribution in [0.1, 0.15) is 30.3 Å². The molecule has 0 radical (unpaired) electrons. The van der Waals surface area contributed by atoms with Gasteiger partial charge in [0.25, 0.3) is 0 Å². The highest BCUT2D eigenvalue weighted by atomic mass is 15.4. The van der Waals surface area contributed by atoms with Gasteiger partial charge in [0, 0.05) is 11.9 Å². The van der Waals surface area contributed by atoms with E-state index in [1.165, 1.54) is 11.1 Å². The van der Waals surface area contributed by atoms with E-state index >= 15 is 0 Å². The van der Waals surface area contributed by atoms with E-state index in [-0.39, 0.29) is 0 Å². The number of aromatic nitrogens is 5. The van der Waals surface area contributed by atoms with Crippen LogP contribution in [0.3, 0.4) is 0 Å². The smallest absolute Gasteiger partial charge is 0.197 e. The van der Waals surface area contributed by atoms with E-state index in [0.29, 0.717) is 5.95 Å². The minimum absolute atomic E-state index is 0.469. The van der Waals surface area contributed by atoms with Gasteiger partial charge in [0.2, 0.25) is 0 Å². The van der Waals surface area contributed by atoms with Gasteiger partial charge in [0.05, 0.1) is 18.4 Å². The second kappa shape index (κ2) is 7.59. The highest BCUT2D eigenvalue weighted by Crippen LogP contribution is 2.09. The number of rotatable bonds is 7. The Labute approximate surface area is 141 Å². The molecule has 0 saturated carbocycles. The van der Waals surface area contributed by atoms with Gasteiger partial charge < -0.3 is 10.7 Å². The number of aromatic amines is 1. The molecule has 0 bridgehead atoms. The first-order chi connectivity index (χ1) is 11.7. The van der Waals surface area contributed by atoms with E-state index in [1.807, 2.05) is 29.1 Å². The number of allylic oxidation sites excluding steroid dienone is 1. The molecule has 0 aliphatic carbocycles. The number of imidazole rings is 1. The number of hydrogen-bond acceptors (Lipinski definition) is 4. The molecule has 2 aromatic heterocycles. The zero-order chi connectivity index (χ0) is 16.8. The van der Waals surface area contributed by atoms with E-state index in [2.05, 4.69) is 45.4 Å². The summed E-state index contributed by atoms with van der Waals surface area (Å²) < 4.78 is 1.89. The Bertz CT molecular complexity index is 800. The Morgan fingerprint density at radius 1 is 1.25 bits per heavy atom. The molecule has 0 spiro atoms. The summed E-state index contributed by atoms with van der Waals surface area (Å²) in [5.74, 6) is 0.469. The zero-order valence-electron chi connectivity index (χ0n) is 13.8. The van der Waals surface area contributed by atoms with Crippen molar-refractivity contribution in [2.45, 2.75) is 32.7 Å². The van der Waals surface area contributed by atoms with Crippen LogP contribution in [-0.4, -0.2) is 25.0 Å². The van der Waals surface area contributed by atoms with Crippen LogP contribution in [0.25, 0.3) is 6.08 Å². The molecule has 6 nitrogen and oxygen atoms in total. The summed E-state index contributed by atoms with van der Waals surface area (Å²) in [6.45, 7) is 2.86. The number of nitrogens with one attached hydrogen (secondary N) is 1. The molecule has 0 amide bonds. The minimum Gasteiger partial charge on any atom is -0.369 e. The summed E-state index contributed by atoms with van der Waals surface area (Å²) in [6, 6.07) is 10.3. The van der Waals surface area contributed by atoms with E-state index in [4.69, 9.17) is 5.73 Å². The molecule has 0 aliphatic heterocycles. The molecular formula is C18H22N6. The number of nitrogen functional groups attached to an aromatic ring is 1. The number of benzene rings is 1. The lowest BCUT2D eigenvalue weighted by atomic mass is 10.1. The molecule has 3 rings (SSSR count). The van der Waals surface area contributed by atoms with E-state index in [1.54, 1.807) is 6.20 Å². The molecule has 0 unspecified atom stereocenters. The molecule has 3 N–H and O–H groups in total. The lowest BCUT2D eigenvalue weighted by Gasteiger charge is -2.01. The Kier molecular flexibility index (Phi) is 5.05. The Hall–Kier alpha value is -2.89. The van der Waals surface area contributed by atoms with Gasteiger partial charge >= 0.3 is 0 Å². The van der Waals surface area contributed by atoms with Crippen LogP contribution in [0.15, 0.2) is 48.3 Å². The van der Waals surface area contributed by atoms with Crippen molar-refractivity contribution in [2.24, 2.45) is 0 Å². The monoisotopic (exact) mass is 322 g/mol. The number of aryl methyl sites for hydroxylation is 2. The van der Waals surface area contributed by atoms with E-state index in [9.17, 15) is 0 Å². The predicted octanol–water partition coefficient (Wildman–Crippen LogP) is 2.86. The maximum absolute atomic E-state index is 5.57. The minimum atomic E-state index is 0.469. The van der Waals surface area contributed by atoms with Gasteiger partial charge in [-0.05, 0) is 31.7 Å². The van der Waals surface area contributed by atoms with Crippen molar-refractivity contribution in [1.29, 1.82) is 0 Å². The standard InChI is InChI=1S/C18H22N6/c1-14(10-15-6-3-2-4-7-15)12-24-13-17(22-23-24)9-5-8-16-11-20-18(19)21-16/h2-4,6-7,10-11,13H,5,8-9,12H2,1H3,(H3,19,20,21)/b14-10+. The number of nitrogens with zero attached hydrogens (tertiary/aromatic N) is 4. The SMILES string of the molecule is C/C(=C\c1ccccc1)Cn1cc(CCCc2cnc(N)[nH]2)nn1. The Balaban J connectivity index is 1.50. The lowest BCUT2D eigenvalue weighted by Crippen LogP contribution is -1.99. The molecule has 24 heavy (non-hydrogen) atoms. The first-order valence-corrected chi connectivity index (χ1v) is 8.09. The summed E-state index contributed by atoms with van der Waals surface area (Å²) in [5.41, 5.74) is 10.1. The van der Waals surface area contributed by atoms with Crippen LogP contribution in [-0.2, 0) is 19.4 Å². The van der Waals surface area contributed by atoms with Crippen LogP contribution in [0.4, 0.5) is 5.95 Å². The van der Waals surface area contributed by atoms with Crippen molar-refractivity contribution in [1.82, 2.24) is 25.0 Å². The summed E-state index contributed by atoms with van der Waals surface area (Å²) in [7, 11) is 0. The molecule has 0 aliphatic rings. The van der Waals surface area contributed by atoms with Crippen LogP contribution >= 0.6 is 0 Å². The maximum atomic E-state index is 5.57. The lowest BCUT2D eigenvalue weighted by molar-refractivity contribution is 0.643. The molecule has 0 saturated heterocycles. The molecule has 0 fully saturated rings. The Morgan fingerprint density at radius 2 is 2.08 bits per heavy atom. The number of hydrogen-bond donors (Lipinski definition) is 2. The van der Waals surface area contributed by atoms with Crippen molar-refractivity contribution in [2.75, 3.05) is 5.73 Å². The van der Waals surface area contributed by atoms with Gasteiger partial charge in [-0.1, -0.05) is 47.2 Å². The maximum Gasteiger partial charge on any atom is 0.197 e. The normalized spacial score (nSPS) is 11.8. The van der Waals surface area contributed by atoms with Gasteiger partial charge in [0.1, 0.15) is 0 Å². The van der Waals surface area contributed by atoms with Crippen molar-refractivity contribution in [3.63, 3.8) is 0 Å². The average molecular weight is 322 g/mol. The van der Waals surface area contributed by atoms with Crippen molar-refractivity contribution in [3.8, 4) is 0 Å². The van der Waals surface area contributed by atoms with E-state index in [0.717, 1.165) is 37.2 Å². The Morgan fingerprint density at radius 3 is 2.83 bits per heavy atom. The largest absolute Gasteiger partial charge is 0.369 e. The number of anilines is 1. The van der Waals surface area contributed by atoms with Crippen LogP contribution in [0.5, 0.6) is 0 Å². The third kappa shape index (κ3) is 4.55. The number of nitrogens with two attached hydrogens (primary N) is 1. The van der Waals surface area contributed by atoms with Gasteiger partial charge in [-0.15, -0.1) is 5.10 Å². The van der Waals surface area contributed by atoms with Crippen molar-refractivity contribution >= 4 is 12.0 Å². The van der Waals surface area contributed by atoms with Gasteiger partial charge in [-0.2, -0.15) is 0 Å². The fourth-order valence-corrected chi connectivity index (χ4v) is 2.63. The fraction of sp³-hybridized carbons (Fsp3) is 0.278. The third-order valence-electron chi connectivity index (χ3n) is 3.74. The molecule has 3 aromatic rings. The quantitative estimate of drug-likeness (QED) is 0.700. The summed E-state index contributed by atoms with van der Waals surface area (Å²) in [6.07, 6.45) is 8.75. The highest BCUT2D eigenvalue weighted by Gasteiger charge is 2.03. The molecule has 2 heterocycles. The topological polar surface area (TPSA) is 85.4 Å². The third-order valence-corrected chi connectivity index (χ3v) is 3.74.